The molecule has 196 valence electrons. The molecule has 11 heteroatoms. The van der Waals surface area contributed by atoms with Gasteiger partial charge in [0, 0.05) is 22.3 Å². The first-order valence-electron chi connectivity index (χ1n) is 12.3. The monoisotopic (exact) mass is 526 g/mol. The maximum atomic E-state index is 13.6. The fourth-order valence-electron chi connectivity index (χ4n) is 4.55. The van der Waals surface area contributed by atoms with Crippen molar-refractivity contribution in [3.05, 3.63) is 47.5 Å². The summed E-state index contributed by atoms with van der Waals surface area (Å²) in [5.74, 6) is 0.925. The van der Waals surface area contributed by atoms with Gasteiger partial charge in [-0.15, -0.1) is 10.2 Å². The predicted octanol–water partition coefficient (Wildman–Crippen LogP) is 3.88. The Labute approximate surface area is 220 Å². The summed E-state index contributed by atoms with van der Waals surface area (Å²) in [6.07, 6.45) is 4.55. The van der Waals surface area contributed by atoms with E-state index in [0.29, 0.717) is 40.0 Å². The van der Waals surface area contributed by atoms with E-state index in [4.69, 9.17) is 21.1 Å². The summed E-state index contributed by atoms with van der Waals surface area (Å²) in [5.41, 5.74) is 1.23. The average molecular weight is 527 g/mol. The molecular formula is C26H31ClN6O4. The van der Waals surface area contributed by atoms with E-state index in [1.54, 1.807) is 56.7 Å². The van der Waals surface area contributed by atoms with Gasteiger partial charge in [0.15, 0.2) is 11.5 Å². The third-order valence-corrected chi connectivity index (χ3v) is 6.70. The van der Waals surface area contributed by atoms with Gasteiger partial charge in [0.1, 0.15) is 12.6 Å². The summed E-state index contributed by atoms with van der Waals surface area (Å²) < 4.78 is 10.6. The largest absolute Gasteiger partial charge is 0.493 e. The van der Waals surface area contributed by atoms with Crippen LogP contribution in [0.1, 0.15) is 39.0 Å². The Bertz CT molecular complexity index is 1230. The Balaban J connectivity index is 1.57. The second-order valence-corrected chi connectivity index (χ2v) is 9.30. The number of nitrogens with one attached hydrogen (secondary N) is 1. The number of rotatable bonds is 10. The number of amides is 2. The standard InChI is InChI=1S/C26H31ClN6O4/c1-4-21(26(35)28-19-7-5-6-8-19)33(20-12-10-18(27)11-13-20)24(34)16-32-30-25(29-31-32)17-9-14-22(36-2)23(15-17)37-3/h9-15,19,21H,4-8,16H2,1-3H3,(H,28,35). The molecule has 1 aromatic heterocycles. The van der Waals surface area contributed by atoms with E-state index >= 15 is 0 Å². The van der Waals surface area contributed by atoms with Crippen LogP contribution in [0.15, 0.2) is 42.5 Å². The van der Waals surface area contributed by atoms with Crippen molar-refractivity contribution in [3.63, 3.8) is 0 Å². The van der Waals surface area contributed by atoms with E-state index < -0.39 is 6.04 Å². The van der Waals surface area contributed by atoms with Crippen LogP contribution in [-0.2, 0) is 16.1 Å². The molecule has 1 fully saturated rings. The van der Waals surface area contributed by atoms with Crippen LogP contribution < -0.4 is 19.7 Å². The molecule has 1 aliphatic rings. The first-order valence-corrected chi connectivity index (χ1v) is 12.7. The molecule has 0 saturated heterocycles. The Hall–Kier alpha value is -3.66. The first-order chi connectivity index (χ1) is 17.9. The summed E-state index contributed by atoms with van der Waals surface area (Å²) in [6, 6.07) is 11.6. The van der Waals surface area contributed by atoms with Gasteiger partial charge in [0.2, 0.25) is 11.7 Å². The highest BCUT2D eigenvalue weighted by atomic mass is 35.5. The van der Waals surface area contributed by atoms with Crippen LogP contribution in [-0.4, -0.2) is 58.3 Å². The van der Waals surface area contributed by atoms with Crippen molar-refractivity contribution in [2.24, 2.45) is 0 Å². The highest BCUT2D eigenvalue weighted by molar-refractivity contribution is 6.30. The average Bonchev–Trinajstić information content (AvgIpc) is 3.59. The Morgan fingerprint density at radius 2 is 1.81 bits per heavy atom. The lowest BCUT2D eigenvalue weighted by atomic mass is 10.1. The number of hydrogen-bond acceptors (Lipinski definition) is 7. The van der Waals surface area contributed by atoms with Crippen LogP contribution in [0.25, 0.3) is 11.4 Å². The van der Waals surface area contributed by atoms with E-state index in [9.17, 15) is 9.59 Å². The van der Waals surface area contributed by atoms with Crippen LogP contribution in [0.4, 0.5) is 5.69 Å². The zero-order chi connectivity index (χ0) is 26.4. The highest BCUT2D eigenvalue weighted by Crippen LogP contribution is 2.31. The number of methoxy groups -OCH3 is 2. The predicted molar refractivity (Wildman–Crippen MR) is 140 cm³/mol. The molecule has 4 rings (SSSR count). The summed E-state index contributed by atoms with van der Waals surface area (Å²) in [5, 5.41) is 16.2. The van der Waals surface area contributed by atoms with Crippen molar-refractivity contribution in [2.75, 3.05) is 19.1 Å². The number of benzene rings is 2. The van der Waals surface area contributed by atoms with E-state index in [1.165, 1.54) is 9.70 Å². The number of carbonyl (C=O) groups excluding carboxylic acids is 2. The van der Waals surface area contributed by atoms with E-state index in [-0.39, 0.29) is 24.4 Å². The number of hydrogen-bond donors (Lipinski definition) is 1. The van der Waals surface area contributed by atoms with Crippen LogP contribution >= 0.6 is 11.6 Å². The van der Waals surface area contributed by atoms with Crippen molar-refractivity contribution in [3.8, 4) is 22.9 Å². The molecule has 3 aromatic rings. The third-order valence-electron chi connectivity index (χ3n) is 6.45. The fourth-order valence-corrected chi connectivity index (χ4v) is 4.68. The lowest BCUT2D eigenvalue weighted by Gasteiger charge is -2.31. The minimum atomic E-state index is -0.692. The molecule has 1 saturated carbocycles. The maximum absolute atomic E-state index is 13.6. The van der Waals surface area contributed by atoms with Gasteiger partial charge in [0.05, 0.1) is 14.2 Å². The molecule has 37 heavy (non-hydrogen) atoms. The Morgan fingerprint density at radius 3 is 2.46 bits per heavy atom. The normalized spacial score (nSPS) is 14.3. The molecule has 0 aliphatic heterocycles. The second-order valence-electron chi connectivity index (χ2n) is 8.87. The number of anilines is 1. The topological polar surface area (TPSA) is 111 Å². The van der Waals surface area contributed by atoms with Gasteiger partial charge in [-0.05, 0) is 66.9 Å². The van der Waals surface area contributed by atoms with E-state index in [2.05, 4.69) is 20.7 Å². The molecule has 1 aliphatic carbocycles. The molecule has 10 nitrogen and oxygen atoms in total. The van der Waals surface area contributed by atoms with Crippen molar-refractivity contribution in [2.45, 2.75) is 57.7 Å². The molecule has 1 atom stereocenters. The van der Waals surface area contributed by atoms with Gasteiger partial charge in [-0.1, -0.05) is 31.4 Å². The molecule has 0 spiro atoms. The molecule has 1 unspecified atom stereocenters. The van der Waals surface area contributed by atoms with Gasteiger partial charge in [-0.3, -0.25) is 14.5 Å². The third kappa shape index (κ3) is 6.19. The Morgan fingerprint density at radius 1 is 1.11 bits per heavy atom. The smallest absolute Gasteiger partial charge is 0.251 e. The van der Waals surface area contributed by atoms with Crippen molar-refractivity contribution in [1.82, 2.24) is 25.5 Å². The number of tetrazole rings is 1. The zero-order valence-electron chi connectivity index (χ0n) is 21.2. The Kier molecular flexibility index (Phi) is 8.60. The molecular weight excluding hydrogens is 496 g/mol. The first kappa shape index (κ1) is 26.4. The maximum Gasteiger partial charge on any atom is 0.251 e. The van der Waals surface area contributed by atoms with Crippen molar-refractivity contribution >= 4 is 29.1 Å². The van der Waals surface area contributed by atoms with Crippen LogP contribution in [0, 0.1) is 0 Å². The number of halogens is 1. The molecule has 1 heterocycles. The van der Waals surface area contributed by atoms with Crippen molar-refractivity contribution < 1.29 is 19.1 Å². The number of ether oxygens (including phenoxy) is 2. The highest BCUT2D eigenvalue weighted by Gasteiger charge is 2.32. The van der Waals surface area contributed by atoms with Gasteiger partial charge in [-0.25, -0.2) is 0 Å². The fraction of sp³-hybridized carbons (Fsp3) is 0.423. The van der Waals surface area contributed by atoms with Crippen LogP contribution in [0.5, 0.6) is 11.5 Å². The summed E-state index contributed by atoms with van der Waals surface area (Å²) in [4.78, 5) is 29.6. The van der Waals surface area contributed by atoms with Crippen molar-refractivity contribution in [1.29, 1.82) is 0 Å². The summed E-state index contributed by atoms with van der Waals surface area (Å²) in [7, 11) is 3.10. The van der Waals surface area contributed by atoms with Crippen LogP contribution in [0.3, 0.4) is 0 Å². The number of aromatic nitrogens is 4. The molecule has 1 N–H and O–H groups in total. The molecule has 0 bridgehead atoms. The summed E-state index contributed by atoms with van der Waals surface area (Å²) in [6.45, 7) is 1.69. The zero-order valence-corrected chi connectivity index (χ0v) is 21.9. The lowest BCUT2D eigenvalue weighted by Crippen LogP contribution is -2.52. The van der Waals surface area contributed by atoms with E-state index in [1.807, 2.05) is 6.92 Å². The van der Waals surface area contributed by atoms with Gasteiger partial charge < -0.3 is 14.8 Å². The molecule has 0 radical (unpaired) electrons. The van der Waals surface area contributed by atoms with Crippen LogP contribution in [0.2, 0.25) is 5.02 Å². The minimum Gasteiger partial charge on any atom is -0.493 e. The SMILES string of the molecule is CCC(C(=O)NC1CCCC1)N(C(=O)Cn1nnc(-c2ccc(OC)c(OC)c2)n1)c1ccc(Cl)cc1. The van der Waals surface area contributed by atoms with Gasteiger partial charge in [0.25, 0.3) is 5.91 Å². The quantitative estimate of drug-likeness (QED) is 0.426. The minimum absolute atomic E-state index is 0.143. The van der Waals surface area contributed by atoms with Gasteiger partial charge >= 0.3 is 0 Å². The number of carbonyl (C=O) groups is 2. The molecule has 2 aromatic carbocycles. The molecule has 2 amide bonds. The van der Waals surface area contributed by atoms with E-state index in [0.717, 1.165) is 25.7 Å². The van der Waals surface area contributed by atoms with Gasteiger partial charge in [-0.2, -0.15) is 4.80 Å². The second kappa shape index (κ2) is 12.1. The lowest BCUT2D eigenvalue weighted by molar-refractivity contribution is -0.127. The summed E-state index contributed by atoms with van der Waals surface area (Å²) >= 11 is 6.08. The number of nitrogens with zero attached hydrogens (tertiary/aromatic N) is 5.